The fourth-order valence-electron chi connectivity index (χ4n) is 2.61. The Bertz CT molecular complexity index is 333. The molecule has 0 bridgehead atoms. The average Bonchev–Trinajstić information content (AvgIpc) is 2.27. The molecule has 16 heavy (non-hydrogen) atoms. The number of halogens is 1. The molecule has 1 aliphatic carbocycles. The van der Waals surface area contributed by atoms with E-state index in [0.29, 0.717) is 17.0 Å². The summed E-state index contributed by atoms with van der Waals surface area (Å²) in [7, 11) is 0. The summed E-state index contributed by atoms with van der Waals surface area (Å²) in [6.45, 7) is 2.31. The number of aromatic hydroxyl groups is 1. The van der Waals surface area contributed by atoms with Gasteiger partial charge in [-0.3, -0.25) is 0 Å². The van der Waals surface area contributed by atoms with E-state index in [4.69, 9.17) is 11.6 Å². The first-order valence-electron chi connectivity index (χ1n) is 6.07. The molecule has 1 saturated carbocycles. The van der Waals surface area contributed by atoms with Gasteiger partial charge in [0, 0.05) is 5.38 Å². The van der Waals surface area contributed by atoms with Crippen molar-refractivity contribution in [2.45, 2.75) is 38.0 Å². The quantitative estimate of drug-likeness (QED) is 0.773. The molecule has 2 rings (SSSR count). The van der Waals surface area contributed by atoms with Crippen LogP contribution < -0.4 is 0 Å². The van der Waals surface area contributed by atoms with Gasteiger partial charge in [-0.15, -0.1) is 11.6 Å². The van der Waals surface area contributed by atoms with Gasteiger partial charge in [0.25, 0.3) is 0 Å². The smallest absolute Gasteiger partial charge is 0.115 e. The topological polar surface area (TPSA) is 20.2 Å². The van der Waals surface area contributed by atoms with Crippen molar-refractivity contribution in [2.75, 3.05) is 0 Å². The Hall–Kier alpha value is -0.690. The van der Waals surface area contributed by atoms with Crippen LogP contribution in [-0.4, -0.2) is 10.5 Å². The lowest BCUT2D eigenvalue weighted by Gasteiger charge is -2.31. The number of hydrogen-bond acceptors (Lipinski definition) is 1. The van der Waals surface area contributed by atoms with Gasteiger partial charge in [0.05, 0.1) is 0 Å². The van der Waals surface area contributed by atoms with Crippen LogP contribution in [0.2, 0.25) is 0 Å². The first-order valence-corrected chi connectivity index (χ1v) is 6.51. The van der Waals surface area contributed by atoms with Gasteiger partial charge in [-0.05, 0) is 55.2 Å². The Morgan fingerprint density at radius 1 is 1.25 bits per heavy atom. The van der Waals surface area contributed by atoms with E-state index in [1.54, 1.807) is 12.1 Å². The summed E-state index contributed by atoms with van der Waals surface area (Å²) in [6, 6.07) is 7.51. The molecule has 88 valence electrons. The van der Waals surface area contributed by atoms with Crippen LogP contribution in [0.15, 0.2) is 24.3 Å². The van der Waals surface area contributed by atoms with Crippen LogP contribution in [0.1, 0.15) is 31.7 Å². The van der Waals surface area contributed by atoms with E-state index >= 15 is 0 Å². The van der Waals surface area contributed by atoms with Crippen molar-refractivity contribution in [1.29, 1.82) is 0 Å². The molecule has 1 fully saturated rings. The van der Waals surface area contributed by atoms with Crippen LogP contribution in [0.25, 0.3) is 0 Å². The highest BCUT2D eigenvalue weighted by molar-refractivity contribution is 6.20. The number of phenolic OH excluding ortho intramolecular Hbond substituents is 1. The minimum atomic E-state index is 0.324. The van der Waals surface area contributed by atoms with Gasteiger partial charge in [0.2, 0.25) is 0 Å². The molecular formula is C14H19ClO. The number of benzene rings is 1. The van der Waals surface area contributed by atoms with Gasteiger partial charge in [0.1, 0.15) is 5.75 Å². The van der Waals surface area contributed by atoms with Crippen molar-refractivity contribution in [3.8, 4) is 5.75 Å². The van der Waals surface area contributed by atoms with Crippen LogP contribution in [0, 0.1) is 11.8 Å². The SMILES string of the molecule is CC1CCC(Cl)C(Cc2ccc(O)cc2)C1. The van der Waals surface area contributed by atoms with Gasteiger partial charge in [0.15, 0.2) is 0 Å². The molecule has 0 saturated heterocycles. The summed E-state index contributed by atoms with van der Waals surface area (Å²) in [5, 5.41) is 9.55. The molecule has 0 radical (unpaired) electrons. The molecule has 1 aromatic rings. The molecule has 0 aromatic heterocycles. The summed E-state index contributed by atoms with van der Waals surface area (Å²) in [5.41, 5.74) is 1.28. The molecule has 0 heterocycles. The van der Waals surface area contributed by atoms with Gasteiger partial charge in [-0.2, -0.15) is 0 Å². The van der Waals surface area contributed by atoms with Crippen LogP contribution in [0.3, 0.4) is 0 Å². The summed E-state index contributed by atoms with van der Waals surface area (Å²) < 4.78 is 0. The summed E-state index contributed by atoms with van der Waals surface area (Å²) >= 11 is 6.38. The van der Waals surface area contributed by atoms with Crippen molar-refractivity contribution in [3.63, 3.8) is 0 Å². The Kier molecular flexibility index (Phi) is 3.75. The van der Waals surface area contributed by atoms with Crippen LogP contribution >= 0.6 is 11.6 Å². The van der Waals surface area contributed by atoms with Crippen LogP contribution in [0.4, 0.5) is 0 Å². The Morgan fingerprint density at radius 3 is 2.62 bits per heavy atom. The van der Waals surface area contributed by atoms with E-state index in [0.717, 1.165) is 18.8 Å². The molecule has 1 N–H and O–H groups in total. The number of rotatable bonds is 2. The third-order valence-electron chi connectivity index (χ3n) is 3.59. The zero-order valence-corrected chi connectivity index (χ0v) is 10.5. The largest absolute Gasteiger partial charge is 0.508 e. The fourth-order valence-corrected chi connectivity index (χ4v) is 2.93. The lowest BCUT2D eigenvalue weighted by molar-refractivity contribution is 0.287. The summed E-state index contributed by atoms with van der Waals surface area (Å²) in [4.78, 5) is 0. The zero-order valence-electron chi connectivity index (χ0n) is 9.70. The van der Waals surface area contributed by atoms with Gasteiger partial charge >= 0.3 is 0 Å². The summed E-state index contributed by atoms with van der Waals surface area (Å²) in [6.07, 6.45) is 4.68. The molecule has 3 unspecified atom stereocenters. The Labute approximate surface area is 102 Å². The van der Waals surface area contributed by atoms with E-state index < -0.39 is 0 Å². The molecule has 3 atom stereocenters. The maximum atomic E-state index is 9.23. The predicted octanol–water partition coefficient (Wildman–Crippen LogP) is 3.98. The van der Waals surface area contributed by atoms with Crippen LogP contribution in [0.5, 0.6) is 5.75 Å². The van der Waals surface area contributed by atoms with Gasteiger partial charge < -0.3 is 5.11 Å². The highest BCUT2D eigenvalue weighted by Crippen LogP contribution is 2.34. The standard InChI is InChI=1S/C14H19ClO/c1-10-2-7-14(15)12(8-10)9-11-3-5-13(16)6-4-11/h3-6,10,12,14,16H,2,7-9H2,1H3. The van der Waals surface area contributed by atoms with E-state index in [1.807, 2.05) is 12.1 Å². The molecule has 1 aliphatic rings. The second-order valence-electron chi connectivity index (χ2n) is 5.06. The van der Waals surface area contributed by atoms with E-state index in [9.17, 15) is 5.11 Å². The van der Waals surface area contributed by atoms with Gasteiger partial charge in [-0.1, -0.05) is 19.1 Å². The predicted molar refractivity (Wildman–Crippen MR) is 68.0 cm³/mol. The maximum Gasteiger partial charge on any atom is 0.115 e. The van der Waals surface area contributed by atoms with Gasteiger partial charge in [-0.25, -0.2) is 0 Å². The Balaban J connectivity index is 2.00. The third kappa shape index (κ3) is 2.91. The minimum Gasteiger partial charge on any atom is -0.508 e. The molecule has 2 heteroatoms. The molecule has 1 aromatic carbocycles. The molecule has 0 spiro atoms. The maximum absolute atomic E-state index is 9.23. The van der Waals surface area contributed by atoms with Crippen molar-refractivity contribution >= 4 is 11.6 Å². The first-order chi connectivity index (χ1) is 7.65. The molecule has 1 nitrogen and oxygen atoms in total. The van der Waals surface area contributed by atoms with Crippen molar-refractivity contribution in [3.05, 3.63) is 29.8 Å². The highest BCUT2D eigenvalue weighted by atomic mass is 35.5. The third-order valence-corrected chi connectivity index (χ3v) is 4.16. The molecular weight excluding hydrogens is 220 g/mol. The van der Waals surface area contributed by atoms with Crippen molar-refractivity contribution in [1.82, 2.24) is 0 Å². The zero-order chi connectivity index (χ0) is 11.5. The number of alkyl halides is 1. The lowest BCUT2D eigenvalue weighted by atomic mass is 9.79. The lowest BCUT2D eigenvalue weighted by Crippen LogP contribution is -2.25. The van der Waals surface area contributed by atoms with Crippen LogP contribution in [-0.2, 0) is 6.42 Å². The second-order valence-corrected chi connectivity index (χ2v) is 5.63. The average molecular weight is 239 g/mol. The van der Waals surface area contributed by atoms with E-state index in [-0.39, 0.29) is 0 Å². The molecule has 0 aliphatic heterocycles. The number of phenols is 1. The van der Waals surface area contributed by atoms with E-state index in [1.165, 1.54) is 18.4 Å². The minimum absolute atomic E-state index is 0.324. The van der Waals surface area contributed by atoms with Crippen molar-refractivity contribution in [2.24, 2.45) is 11.8 Å². The Morgan fingerprint density at radius 2 is 1.94 bits per heavy atom. The first kappa shape index (κ1) is 11.8. The summed E-state index contributed by atoms with van der Waals surface area (Å²) in [5.74, 6) is 1.73. The monoisotopic (exact) mass is 238 g/mol. The second kappa shape index (κ2) is 5.09. The van der Waals surface area contributed by atoms with E-state index in [2.05, 4.69) is 6.92 Å². The number of hydrogen-bond donors (Lipinski definition) is 1. The van der Waals surface area contributed by atoms with Crippen molar-refractivity contribution < 1.29 is 5.11 Å². The highest BCUT2D eigenvalue weighted by Gasteiger charge is 2.26. The fraction of sp³-hybridized carbons (Fsp3) is 0.571. The molecule has 0 amide bonds. The normalized spacial score (nSPS) is 30.2.